The van der Waals surface area contributed by atoms with Crippen LogP contribution in [-0.4, -0.2) is 21.7 Å². The molecule has 1 aromatic heterocycles. The number of aryl methyl sites for hydroxylation is 2. The second-order valence-corrected chi connectivity index (χ2v) is 4.19. The Morgan fingerprint density at radius 1 is 1.50 bits per heavy atom. The number of hydrogen-bond donors (Lipinski definition) is 2. The summed E-state index contributed by atoms with van der Waals surface area (Å²) < 4.78 is 0. The Hall–Kier alpha value is -1.18. The maximum atomic E-state index is 10.9. The van der Waals surface area contributed by atoms with Gasteiger partial charge in [0.15, 0.2) is 5.16 Å². The summed E-state index contributed by atoms with van der Waals surface area (Å²) >= 11 is 1.41. The van der Waals surface area contributed by atoms with Crippen molar-refractivity contribution in [1.82, 2.24) is 15.6 Å². The molecule has 6 nitrogen and oxygen atoms in total. The molecule has 0 aromatic carbocycles. The molecule has 0 unspecified atom stereocenters. The quantitative estimate of drug-likeness (QED) is 0.336. The maximum absolute atomic E-state index is 10.9. The van der Waals surface area contributed by atoms with E-state index in [0.29, 0.717) is 10.9 Å². The minimum atomic E-state index is -0.403. The van der Waals surface area contributed by atoms with Gasteiger partial charge in [0, 0.05) is 17.1 Å². The number of nitrogens with two attached hydrogens (primary N) is 1. The summed E-state index contributed by atoms with van der Waals surface area (Å²) in [6, 6.07) is 1.90. The van der Waals surface area contributed by atoms with Crippen LogP contribution in [0.1, 0.15) is 17.8 Å². The lowest BCUT2D eigenvalue weighted by Gasteiger charge is -2.02. The number of nitrogens with zero attached hydrogens (tertiary/aromatic N) is 2. The Labute approximate surface area is 97.9 Å². The molecule has 88 valence electrons. The number of rotatable bonds is 5. The third-order valence-corrected chi connectivity index (χ3v) is 2.52. The van der Waals surface area contributed by atoms with Gasteiger partial charge in [-0.2, -0.15) is 0 Å². The number of thioether (sulfide) groups is 1. The van der Waals surface area contributed by atoms with Crippen LogP contribution >= 0.6 is 11.8 Å². The molecule has 0 bridgehead atoms. The first-order chi connectivity index (χ1) is 7.61. The van der Waals surface area contributed by atoms with Gasteiger partial charge in [-0.1, -0.05) is 17.4 Å². The summed E-state index contributed by atoms with van der Waals surface area (Å²) in [7, 11) is 0. The Morgan fingerprint density at radius 3 is 2.69 bits per heavy atom. The first-order valence-electron chi connectivity index (χ1n) is 4.72. The first-order valence-corrected chi connectivity index (χ1v) is 5.70. The molecule has 1 rings (SSSR count). The van der Waals surface area contributed by atoms with Gasteiger partial charge in [-0.25, -0.2) is 15.8 Å². The molecule has 16 heavy (non-hydrogen) atoms. The van der Waals surface area contributed by atoms with Gasteiger partial charge in [-0.05, 0) is 19.9 Å². The number of carbonyl (C=O) groups is 1. The van der Waals surface area contributed by atoms with E-state index < -0.39 is 5.97 Å². The van der Waals surface area contributed by atoms with Gasteiger partial charge in [0.1, 0.15) is 0 Å². The van der Waals surface area contributed by atoms with Crippen molar-refractivity contribution in [2.75, 3.05) is 5.75 Å². The molecule has 0 aliphatic heterocycles. The van der Waals surface area contributed by atoms with Crippen molar-refractivity contribution >= 4 is 17.7 Å². The van der Waals surface area contributed by atoms with Crippen LogP contribution in [0.15, 0.2) is 11.2 Å². The standard InChI is InChI=1S/C9H14N4O2S/c1-6-5-7(2)12-9(11-6)16-4-3-8(14)15-13-10/h5,13H,3-4,10H2,1-2H3. The van der Waals surface area contributed by atoms with Gasteiger partial charge in [0.2, 0.25) is 0 Å². The largest absolute Gasteiger partial charge is 0.356 e. The zero-order chi connectivity index (χ0) is 12.0. The lowest BCUT2D eigenvalue weighted by atomic mass is 10.4. The Kier molecular flexibility index (Phi) is 5.17. The molecule has 0 atom stereocenters. The maximum Gasteiger partial charge on any atom is 0.327 e. The Balaban J connectivity index is 2.40. The fraction of sp³-hybridized carbons (Fsp3) is 0.444. The van der Waals surface area contributed by atoms with Gasteiger partial charge in [-0.3, -0.25) is 4.79 Å². The van der Waals surface area contributed by atoms with E-state index in [-0.39, 0.29) is 6.42 Å². The molecule has 0 amide bonds. The molecule has 0 spiro atoms. The molecule has 1 heterocycles. The van der Waals surface area contributed by atoms with E-state index in [0.717, 1.165) is 11.4 Å². The molecule has 3 N–H and O–H groups in total. The lowest BCUT2D eigenvalue weighted by molar-refractivity contribution is -0.150. The number of hydrogen-bond acceptors (Lipinski definition) is 7. The molecular weight excluding hydrogens is 228 g/mol. The average molecular weight is 242 g/mol. The third-order valence-electron chi connectivity index (χ3n) is 1.67. The van der Waals surface area contributed by atoms with E-state index in [1.54, 1.807) is 0 Å². The van der Waals surface area contributed by atoms with Crippen LogP contribution in [0.4, 0.5) is 0 Å². The molecular formula is C9H14N4O2S. The number of aromatic nitrogens is 2. The van der Waals surface area contributed by atoms with E-state index in [2.05, 4.69) is 14.8 Å². The number of nitrogens with one attached hydrogen (secondary N) is 1. The topological polar surface area (TPSA) is 90.1 Å². The second kappa shape index (κ2) is 6.41. The predicted molar refractivity (Wildman–Crippen MR) is 60.3 cm³/mol. The zero-order valence-electron chi connectivity index (χ0n) is 9.19. The van der Waals surface area contributed by atoms with Gasteiger partial charge in [0.25, 0.3) is 0 Å². The highest BCUT2D eigenvalue weighted by atomic mass is 32.2. The van der Waals surface area contributed by atoms with Crippen molar-refractivity contribution in [2.24, 2.45) is 5.84 Å². The van der Waals surface area contributed by atoms with E-state index in [1.807, 2.05) is 25.5 Å². The monoisotopic (exact) mass is 242 g/mol. The van der Waals surface area contributed by atoms with Crippen molar-refractivity contribution in [1.29, 1.82) is 0 Å². The number of hydrazine groups is 1. The highest BCUT2D eigenvalue weighted by Crippen LogP contribution is 2.14. The van der Waals surface area contributed by atoms with Crippen molar-refractivity contribution < 1.29 is 9.63 Å². The summed E-state index contributed by atoms with van der Waals surface area (Å²) in [6.07, 6.45) is 0.255. The highest BCUT2D eigenvalue weighted by molar-refractivity contribution is 7.99. The minimum Gasteiger partial charge on any atom is -0.356 e. The summed E-state index contributed by atoms with van der Waals surface area (Å²) in [5, 5.41) is 0.672. The van der Waals surface area contributed by atoms with Crippen LogP contribution in [0.25, 0.3) is 0 Å². The van der Waals surface area contributed by atoms with Crippen molar-refractivity contribution in [3.8, 4) is 0 Å². The summed E-state index contributed by atoms with van der Waals surface area (Å²) in [4.78, 5) is 23.8. The highest BCUT2D eigenvalue weighted by Gasteiger charge is 2.05. The molecule has 7 heteroatoms. The van der Waals surface area contributed by atoms with E-state index in [4.69, 9.17) is 5.84 Å². The van der Waals surface area contributed by atoms with Crippen molar-refractivity contribution in [3.05, 3.63) is 17.5 Å². The molecule has 0 saturated heterocycles. The van der Waals surface area contributed by atoms with E-state index >= 15 is 0 Å². The van der Waals surface area contributed by atoms with Crippen molar-refractivity contribution in [3.63, 3.8) is 0 Å². The normalized spacial score (nSPS) is 10.2. The van der Waals surface area contributed by atoms with Crippen LogP contribution in [0.3, 0.4) is 0 Å². The SMILES string of the molecule is Cc1cc(C)nc(SCCC(=O)ONN)n1. The lowest BCUT2D eigenvalue weighted by Crippen LogP contribution is -2.26. The van der Waals surface area contributed by atoms with Crippen LogP contribution in [0.2, 0.25) is 0 Å². The van der Waals surface area contributed by atoms with Gasteiger partial charge in [-0.15, -0.1) is 0 Å². The Morgan fingerprint density at radius 2 is 2.12 bits per heavy atom. The molecule has 0 radical (unpaired) electrons. The fourth-order valence-corrected chi connectivity index (χ4v) is 1.97. The van der Waals surface area contributed by atoms with Gasteiger partial charge >= 0.3 is 5.97 Å². The van der Waals surface area contributed by atoms with Gasteiger partial charge < -0.3 is 4.84 Å². The molecule has 0 aliphatic carbocycles. The molecule has 0 saturated carbocycles. The van der Waals surface area contributed by atoms with Crippen LogP contribution in [-0.2, 0) is 9.63 Å². The molecule has 0 fully saturated rings. The van der Waals surface area contributed by atoms with E-state index in [1.165, 1.54) is 11.8 Å². The van der Waals surface area contributed by atoms with Crippen LogP contribution in [0.5, 0.6) is 0 Å². The van der Waals surface area contributed by atoms with Crippen molar-refractivity contribution in [2.45, 2.75) is 25.4 Å². The first kappa shape index (κ1) is 12.9. The van der Waals surface area contributed by atoms with E-state index in [9.17, 15) is 4.79 Å². The fourth-order valence-electron chi connectivity index (χ4n) is 1.10. The summed E-state index contributed by atoms with van der Waals surface area (Å²) in [5.41, 5.74) is 3.68. The van der Waals surface area contributed by atoms with Crippen LogP contribution in [0, 0.1) is 13.8 Å². The third kappa shape index (κ3) is 4.56. The number of carbonyl (C=O) groups excluding carboxylic acids is 1. The minimum absolute atomic E-state index is 0.255. The Bertz CT molecular complexity index is 352. The summed E-state index contributed by atoms with van der Waals surface area (Å²) in [5.74, 6) is 4.98. The smallest absolute Gasteiger partial charge is 0.327 e. The second-order valence-electron chi connectivity index (χ2n) is 3.12. The zero-order valence-corrected chi connectivity index (χ0v) is 10.0. The van der Waals surface area contributed by atoms with Gasteiger partial charge in [0.05, 0.1) is 6.42 Å². The predicted octanol–water partition coefficient (Wildman–Crippen LogP) is 0.497. The average Bonchev–Trinajstić information content (AvgIpc) is 2.16. The van der Waals surface area contributed by atoms with Crippen LogP contribution < -0.4 is 11.4 Å². The molecule has 0 aliphatic rings. The summed E-state index contributed by atoms with van der Waals surface area (Å²) in [6.45, 7) is 3.82. The molecule has 1 aromatic rings.